The summed E-state index contributed by atoms with van der Waals surface area (Å²) in [5.41, 5.74) is -4.35. The van der Waals surface area contributed by atoms with Crippen LogP contribution in [-0.2, 0) is 29.7 Å². The van der Waals surface area contributed by atoms with Crippen LogP contribution in [0.5, 0.6) is 0 Å². The minimum absolute atomic E-state index is 0.177. The number of hydrogen-bond donors (Lipinski definition) is 2. The molecule has 0 saturated heterocycles. The summed E-state index contributed by atoms with van der Waals surface area (Å²) < 4.78 is 70.0. The molecule has 2 N–H and O–H groups in total. The van der Waals surface area contributed by atoms with Gasteiger partial charge < -0.3 is 9.47 Å². The van der Waals surface area contributed by atoms with Crippen LogP contribution in [0.2, 0.25) is 0 Å². The van der Waals surface area contributed by atoms with E-state index in [1.807, 2.05) is 0 Å². The summed E-state index contributed by atoms with van der Waals surface area (Å²) in [5.74, 6) is 0. The molecule has 0 bridgehead atoms. The zero-order valence-corrected chi connectivity index (χ0v) is 10.4. The fourth-order valence-corrected chi connectivity index (χ4v) is 3.12. The fraction of sp³-hybridized carbons (Fsp3) is 1.00. The van der Waals surface area contributed by atoms with E-state index in [1.54, 1.807) is 0 Å². The lowest BCUT2D eigenvalue weighted by atomic mass is 10.7. The predicted molar refractivity (Wildman–Crippen MR) is 53.9 cm³/mol. The van der Waals surface area contributed by atoms with Crippen molar-refractivity contribution >= 4 is 20.2 Å². The molecule has 0 aromatic carbocycles. The maximum atomic E-state index is 10.9. The van der Waals surface area contributed by atoms with E-state index in [0.717, 1.165) is 0 Å². The van der Waals surface area contributed by atoms with Crippen molar-refractivity contribution in [2.24, 2.45) is 0 Å². The zero-order chi connectivity index (χ0) is 13.0. The van der Waals surface area contributed by atoms with Gasteiger partial charge in [0.15, 0.2) is 0 Å². The Balaban J connectivity index is 5.28. The van der Waals surface area contributed by atoms with E-state index in [-0.39, 0.29) is 13.2 Å². The second-order valence-corrected chi connectivity index (χ2v) is 5.67. The van der Waals surface area contributed by atoms with Crippen LogP contribution in [-0.4, -0.2) is 50.0 Å². The minimum atomic E-state index is -4.82. The first-order chi connectivity index (χ1) is 7.14. The molecule has 8 nitrogen and oxygen atoms in total. The van der Waals surface area contributed by atoms with Gasteiger partial charge in [-0.3, -0.25) is 9.11 Å². The molecule has 98 valence electrons. The third kappa shape index (κ3) is 4.72. The molecular formula is C6H14O8S2. The van der Waals surface area contributed by atoms with Crippen LogP contribution in [0, 0.1) is 0 Å². The molecule has 10 heteroatoms. The van der Waals surface area contributed by atoms with Crippen LogP contribution in [0.1, 0.15) is 13.8 Å². The van der Waals surface area contributed by atoms with Gasteiger partial charge in [0.05, 0.1) is 0 Å². The van der Waals surface area contributed by atoms with Gasteiger partial charge in [0.25, 0.3) is 20.2 Å². The Labute approximate surface area is 94.0 Å². The van der Waals surface area contributed by atoms with Gasteiger partial charge >= 0.3 is 0 Å². The molecule has 0 aromatic heterocycles. The SMILES string of the molecule is CCOC(C(OCC)S(=O)(=O)O)S(=O)(=O)O. The third-order valence-electron chi connectivity index (χ3n) is 1.47. The molecular weight excluding hydrogens is 264 g/mol. The highest BCUT2D eigenvalue weighted by atomic mass is 32.2. The second kappa shape index (κ2) is 5.89. The van der Waals surface area contributed by atoms with E-state index >= 15 is 0 Å². The predicted octanol–water partition coefficient (Wildman–Crippen LogP) is -0.513. The molecule has 0 aromatic rings. The Kier molecular flexibility index (Phi) is 5.79. The summed E-state index contributed by atoms with van der Waals surface area (Å²) in [6, 6.07) is 0. The average molecular weight is 278 g/mol. The van der Waals surface area contributed by atoms with Crippen molar-refractivity contribution in [2.75, 3.05) is 13.2 Å². The van der Waals surface area contributed by atoms with Gasteiger partial charge in [-0.1, -0.05) is 0 Å². The monoisotopic (exact) mass is 278 g/mol. The molecule has 0 radical (unpaired) electrons. The molecule has 0 saturated carbocycles. The van der Waals surface area contributed by atoms with Gasteiger partial charge in [-0.25, -0.2) is 0 Å². The van der Waals surface area contributed by atoms with Crippen LogP contribution in [0.15, 0.2) is 0 Å². The first-order valence-electron chi connectivity index (χ1n) is 4.30. The number of hydrogen-bond acceptors (Lipinski definition) is 6. The average Bonchev–Trinajstić information content (AvgIpc) is 2.07. The Morgan fingerprint density at radius 3 is 1.25 bits per heavy atom. The maximum Gasteiger partial charge on any atom is 0.296 e. The second-order valence-electron chi connectivity index (χ2n) is 2.68. The molecule has 0 fully saturated rings. The number of ether oxygens (including phenoxy) is 2. The molecule has 0 spiro atoms. The highest BCUT2D eigenvalue weighted by Gasteiger charge is 2.41. The van der Waals surface area contributed by atoms with E-state index in [2.05, 4.69) is 9.47 Å². The molecule has 16 heavy (non-hydrogen) atoms. The van der Waals surface area contributed by atoms with E-state index in [4.69, 9.17) is 9.11 Å². The molecule has 0 aliphatic rings. The Bertz CT molecular complexity index is 356. The maximum absolute atomic E-state index is 10.9. The Morgan fingerprint density at radius 1 is 0.875 bits per heavy atom. The van der Waals surface area contributed by atoms with E-state index in [0.29, 0.717) is 0 Å². The summed E-state index contributed by atoms with van der Waals surface area (Å²) >= 11 is 0. The van der Waals surface area contributed by atoms with Gasteiger partial charge in [0.1, 0.15) is 0 Å². The van der Waals surface area contributed by atoms with E-state index in [1.165, 1.54) is 13.8 Å². The fourth-order valence-electron chi connectivity index (χ4n) is 0.938. The van der Waals surface area contributed by atoms with E-state index < -0.39 is 31.1 Å². The molecule has 0 rings (SSSR count). The smallest absolute Gasteiger partial charge is 0.296 e. The Hall–Kier alpha value is -0.260. The molecule has 0 aliphatic carbocycles. The lowest BCUT2D eigenvalue weighted by Crippen LogP contribution is -2.43. The van der Waals surface area contributed by atoms with Crippen molar-refractivity contribution in [3.8, 4) is 0 Å². The normalized spacial score (nSPS) is 17.0. The summed E-state index contributed by atoms with van der Waals surface area (Å²) in [4.78, 5) is 0. The minimum Gasteiger partial charge on any atom is -0.357 e. The van der Waals surface area contributed by atoms with Crippen LogP contribution in [0.4, 0.5) is 0 Å². The summed E-state index contributed by atoms with van der Waals surface area (Å²) in [5, 5.41) is 0. The summed E-state index contributed by atoms with van der Waals surface area (Å²) in [7, 11) is -9.64. The molecule has 0 amide bonds. The molecule has 2 unspecified atom stereocenters. The van der Waals surface area contributed by atoms with Gasteiger partial charge in [0, 0.05) is 13.2 Å². The van der Waals surface area contributed by atoms with Crippen LogP contribution in [0.25, 0.3) is 0 Å². The first-order valence-corrected chi connectivity index (χ1v) is 7.31. The van der Waals surface area contributed by atoms with Crippen LogP contribution >= 0.6 is 0 Å². The van der Waals surface area contributed by atoms with E-state index in [9.17, 15) is 16.8 Å². The van der Waals surface area contributed by atoms with Gasteiger partial charge in [0.2, 0.25) is 10.9 Å². The van der Waals surface area contributed by atoms with Gasteiger partial charge in [-0.2, -0.15) is 16.8 Å². The molecule has 0 heterocycles. The van der Waals surface area contributed by atoms with Crippen molar-refractivity contribution in [1.29, 1.82) is 0 Å². The summed E-state index contributed by atoms with van der Waals surface area (Å²) in [6.07, 6.45) is 0. The first kappa shape index (κ1) is 15.7. The summed E-state index contributed by atoms with van der Waals surface area (Å²) in [6.45, 7) is 2.43. The molecule has 0 aliphatic heterocycles. The van der Waals surface area contributed by atoms with Crippen molar-refractivity contribution in [1.82, 2.24) is 0 Å². The molecule has 2 atom stereocenters. The standard InChI is InChI=1S/C6H14O8S2/c1-3-13-5(15(7,8)9)6(14-4-2)16(10,11)12/h5-6H,3-4H2,1-2H3,(H,7,8,9)(H,10,11,12). The van der Waals surface area contributed by atoms with Crippen molar-refractivity contribution in [2.45, 2.75) is 24.7 Å². The van der Waals surface area contributed by atoms with Crippen molar-refractivity contribution < 1.29 is 35.4 Å². The van der Waals surface area contributed by atoms with Gasteiger partial charge in [-0.15, -0.1) is 0 Å². The van der Waals surface area contributed by atoms with Crippen LogP contribution < -0.4 is 0 Å². The zero-order valence-electron chi connectivity index (χ0n) is 8.73. The topological polar surface area (TPSA) is 127 Å². The quantitative estimate of drug-likeness (QED) is 0.596. The lowest BCUT2D eigenvalue weighted by molar-refractivity contribution is 0.00342. The van der Waals surface area contributed by atoms with Crippen LogP contribution in [0.3, 0.4) is 0 Å². The van der Waals surface area contributed by atoms with Crippen molar-refractivity contribution in [3.05, 3.63) is 0 Å². The van der Waals surface area contributed by atoms with Crippen molar-refractivity contribution in [3.63, 3.8) is 0 Å². The largest absolute Gasteiger partial charge is 0.357 e. The lowest BCUT2D eigenvalue weighted by Gasteiger charge is -2.21. The third-order valence-corrected chi connectivity index (χ3v) is 3.58. The number of rotatable bonds is 7. The van der Waals surface area contributed by atoms with Gasteiger partial charge in [-0.05, 0) is 13.8 Å². The highest BCUT2D eigenvalue weighted by molar-refractivity contribution is 7.90. The highest BCUT2D eigenvalue weighted by Crippen LogP contribution is 2.15. The Morgan fingerprint density at radius 2 is 1.12 bits per heavy atom.